The lowest BCUT2D eigenvalue weighted by atomic mass is 10.0. The number of aryl methyl sites for hydroxylation is 1. The monoisotopic (exact) mass is 414 g/mol. The van der Waals surface area contributed by atoms with Crippen molar-refractivity contribution in [1.29, 1.82) is 0 Å². The summed E-state index contributed by atoms with van der Waals surface area (Å²) < 4.78 is 0. The van der Waals surface area contributed by atoms with Crippen molar-refractivity contribution in [3.63, 3.8) is 0 Å². The number of nitrogens with one attached hydrogen (secondary N) is 1. The molecule has 1 atom stereocenters. The number of carbonyl (C=O) groups excluding carboxylic acids is 2. The molecule has 2 amide bonds. The van der Waals surface area contributed by atoms with E-state index in [2.05, 4.69) is 5.32 Å². The molecule has 0 saturated heterocycles. The van der Waals surface area contributed by atoms with Crippen molar-refractivity contribution >= 4 is 11.8 Å². The van der Waals surface area contributed by atoms with Crippen molar-refractivity contribution in [2.75, 3.05) is 6.54 Å². The molecule has 0 fully saturated rings. The molecule has 3 aromatic rings. The topological polar surface area (TPSA) is 49.4 Å². The summed E-state index contributed by atoms with van der Waals surface area (Å²) in [5, 5.41) is 2.99. The number of amides is 2. The summed E-state index contributed by atoms with van der Waals surface area (Å²) in [7, 11) is 0. The van der Waals surface area contributed by atoms with Gasteiger partial charge in [-0.3, -0.25) is 9.59 Å². The minimum absolute atomic E-state index is 0.0341. The minimum Gasteiger partial charge on any atom is -0.354 e. The fraction of sp³-hybridized carbons (Fsp3) is 0.259. The first-order chi connectivity index (χ1) is 15.2. The molecule has 0 heterocycles. The van der Waals surface area contributed by atoms with Crippen molar-refractivity contribution in [3.05, 3.63) is 108 Å². The molecular formula is C27H30N2O2. The highest BCUT2D eigenvalue weighted by Gasteiger charge is 2.31. The van der Waals surface area contributed by atoms with Gasteiger partial charge in [-0.05, 0) is 29.5 Å². The Morgan fingerprint density at radius 2 is 1.35 bits per heavy atom. The summed E-state index contributed by atoms with van der Waals surface area (Å²) in [6.07, 6.45) is 1.83. The molecular weight excluding hydrogens is 384 g/mol. The number of hydrogen-bond donors (Lipinski definition) is 1. The van der Waals surface area contributed by atoms with E-state index in [4.69, 9.17) is 0 Å². The summed E-state index contributed by atoms with van der Waals surface area (Å²) in [6, 6.07) is 28.7. The van der Waals surface area contributed by atoms with Gasteiger partial charge in [0.15, 0.2) is 0 Å². The van der Waals surface area contributed by atoms with E-state index in [1.807, 2.05) is 97.9 Å². The van der Waals surface area contributed by atoms with Gasteiger partial charge in [-0.1, -0.05) is 97.9 Å². The molecule has 0 bridgehead atoms. The van der Waals surface area contributed by atoms with Crippen LogP contribution in [0.4, 0.5) is 0 Å². The van der Waals surface area contributed by atoms with Crippen LogP contribution in [0.2, 0.25) is 0 Å². The van der Waals surface area contributed by atoms with E-state index in [1.165, 1.54) is 0 Å². The third kappa shape index (κ3) is 6.54. The molecule has 0 aliphatic carbocycles. The summed E-state index contributed by atoms with van der Waals surface area (Å²) in [5.74, 6) is -0.176. The zero-order valence-electron chi connectivity index (χ0n) is 18.0. The maximum Gasteiger partial charge on any atom is 0.247 e. The summed E-state index contributed by atoms with van der Waals surface area (Å²) in [5.41, 5.74) is 2.93. The highest BCUT2D eigenvalue weighted by atomic mass is 16.2. The highest BCUT2D eigenvalue weighted by Crippen LogP contribution is 2.25. The summed E-state index contributed by atoms with van der Waals surface area (Å²) >= 11 is 0. The fourth-order valence-electron chi connectivity index (χ4n) is 3.60. The molecule has 4 nitrogen and oxygen atoms in total. The van der Waals surface area contributed by atoms with Crippen LogP contribution in [0.1, 0.15) is 42.5 Å². The molecule has 4 heteroatoms. The van der Waals surface area contributed by atoms with Crippen LogP contribution in [0.25, 0.3) is 0 Å². The van der Waals surface area contributed by atoms with Crippen LogP contribution in [0.5, 0.6) is 0 Å². The lowest BCUT2D eigenvalue weighted by Gasteiger charge is -2.32. The first-order valence-corrected chi connectivity index (χ1v) is 10.9. The number of carbonyl (C=O) groups is 2. The molecule has 1 N–H and O–H groups in total. The van der Waals surface area contributed by atoms with Gasteiger partial charge in [0.2, 0.25) is 11.8 Å². The SMILES string of the molecule is CCCNC(=O)C(c1ccccc1)N(Cc1ccccc1)C(=O)CCc1ccccc1. The predicted molar refractivity (Wildman–Crippen MR) is 124 cm³/mol. The Balaban J connectivity index is 1.90. The van der Waals surface area contributed by atoms with Crippen molar-refractivity contribution in [2.45, 2.75) is 38.8 Å². The van der Waals surface area contributed by atoms with E-state index >= 15 is 0 Å². The van der Waals surface area contributed by atoms with Gasteiger partial charge in [0.05, 0.1) is 0 Å². The quantitative estimate of drug-likeness (QED) is 0.512. The Kier molecular flexibility index (Phi) is 8.41. The molecule has 3 rings (SSSR count). The van der Waals surface area contributed by atoms with E-state index in [-0.39, 0.29) is 11.8 Å². The molecule has 0 spiro atoms. The predicted octanol–water partition coefficient (Wildman–Crippen LogP) is 4.92. The molecule has 1 unspecified atom stereocenters. The molecule has 0 aliphatic rings. The minimum atomic E-state index is -0.670. The van der Waals surface area contributed by atoms with Crippen LogP contribution < -0.4 is 5.32 Å². The van der Waals surface area contributed by atoms with Crippen LogP contribution in [-0.2, 0) is 22.6 Å². The van der Waals surface area contributed by atoms with Gasteiger partial charge < -0.3 is 10.2 Å². The highest BCUT2D eigenvalue weighted by molar-refractivity contribution is 5.88. The lowest BCUT2D eigenvalue weighted by Crippen LogP contribution is -2.43. The third-order valence-electron chi connectivity index (χ3n) is 5.21. The van der Waals surface area contributed by atoms with Crippen LogP contribution in [0.15, 0.2) is 91.0 Å². The average molecular weight is 415 g/mol. The largest absolute Gasteiger partial charge is 0.354 e. The second-order valence-corrected chi connectivity index (χ2v) is 7.60. The molecule has 31 heavy (non-hydrogen) atoms. The normalized spacial score (nSPS) is 11.5. The van der Waals surface area contributed by atoms with Gasteiger partial charge in [-0.25, -0.2) is 0 Å². The molecule has 0 aromatic heterocycles. The second kappa shape index (κ2) is 11.7. The zero-order chi connectivity index (χ0) is 21.9. The lowest BCUT2D eigenvalue weighted by molar-refractivity contribution is -0.141. The van der Waals surface area contributed by atoms with Crippen molar-refractivity contribution in [2.24, 2.45) is 0 Å². The number of nitrogens with zero attached hydrogens (tertiary/aromatic N) is 1. The first-order valence-electron chi connectivity index (χ1n) is 10.9. The Morgan fingerprint density at radius 1 is 0.806 bits per heavy atom. The smallest absolute Gasteiger partial charge is 0.247 e. The van der Waals surface area contributed by atoms with Crippen LogP contribution in [-0.4, -0.2) is 23.3 Å². The Morgan fingerprint density at radius 3 is 1.94 bits per heavy atom. The van der Waals surface area contributed by atoms with Gasteiger partial charge in [0, 0.05) is 19.5 Å². The van der Waals surface area contributed by atoms with E-state index in [9.17, 15) is 9.59 Å². The van der Waals surface area contributed by atoms with Gasteiger partial charge in [-0.2, -0.15) is 0 Å². The molecule has 3 aromatic carbocycles. The van der Waals surface area contributed by atoms with Gasteiger partial charge in [-0.15, -0.1) is 0 Å². The Hall–Kier alpha value is -3.40. The molecule has 160 valence electrons. The van der Waals surface area contributed by atoms with Crippen LogP contribution in [0.3, 0.4) is 0 Å². The zero-order valence-corrected chi connectivity index (χ0v) is 18.0. The summed E-state index contributed by atoms with van der Waals surface area (Å²) in [6.45, 7) is 2.98. The van der Waals surface area contributed by atoms with Crippen molar-refractivity contribution < 1.29 is 9.59 Å². The molecule has 0 radical (unpaired) electrons. The maximum absolute atomic E-state index is 13.5. The van der Waals surface area contributed by atoms with Gasteiger partial charge in [0.1, 0.15) is 6.04 Å². The van der Waals surface area contributed by atoms with Crippen LogP contribution in [0, 0.1) is 0 Å². The van der Waals surface area contributed by atoms with E-state index in [0.717, 1.165) is 23.1 Å². The number of rotatable bonds is 10. The average Bonchev–Trinajstić information content (AvgIpc) is 2.83. The van der Waals surface area contributed by atoms with Gasteiger partial charge >= 0.3 is 0 Å². The third-order valence-corrected chi connectivity index (χ3v) is 5.21. The maximum atomic E-state index is 13.5. The van der Waals surface area contributed by atoms with E-state index in [1.54, 1.807) is 4.90 Å². The number of hydrogen-bond acceptors (Lipinski definition) is 2. The van der Waals surface area contributed by atoms with Crippen LogP contribution >= 0.6 is 0 Å². The molecule has 0 aliphatic heterocycles. The summed E-state index contributed by atoms with van der Waals surface area (Å²) in [4.78, 5) is 28.4. The second-order valence-electron chi connectivity index (χ2n) is 7.60. The Labute approximate surface area is 184 Å². The van der Waals surface area contributed by atoms with Crippen molar-refractivity contribution in [1.82, 2.24) is 10.2 Å². The van der Waals surface area contributed by atoms with Crippen molar-refractivity contribution in [3.8, 4) is 0 Å². The molecule has 0 saturated carbocycles. The van der Waals surface area contributed by atoms with E-state index < -0.39 is 6.04 Å². The van der Waals surface area contributed by atoms with Gasteiger partial charge in [0.25, 0.3) is 0 Å². The fourth-order valence-corrected chi connectivity index (χ4v) is 3.60. The Bertz CT molecular complexity index is 943. The first kappa shape index (κ1) is 22.3. The number of benzene rings is 3. The van der Waals surface area contributed by atoms with E-state index in [0.29, 0.717) is 25.9 Å². The standard InChI is InChI=1S/C27H30N2O2/c1-2-20-28-27(31)26(24-16-10-5-11-17-24)29(21-23-14-8-4-9-15-23)25(30)19-18-22-12-6-3-7-13-22/h3-17,26H,2,18-21H2,1H3,(H,28,31).